The number of unbranched alkanes of at least 4 members (excludes halogenated alkanes) is 3. The molecular weight excluding hydrogens is 208 g/mol. The molecule has 0 fully saturated rings. The van der Waals surface area contributed by atoms with E-state index in [1.807, 2.05) is 0 Å². The Labute approximate surface area is 97.3 Å². The topological polar surface area (TPSA) is 77.8 Å². The van der Waals surface area contributed by atoms with Gasteiger partial charge in [0.1, 0.15) is 0 Å². The van der Waals surface area contributed by atoms with E-state index in [1.54, 1.807) is 0 Å². The molecular formula is C12H24O4. The molecule has 0 saturated carbocycles. The second-order valence-electron chi connectivity index (χ2n) is 4.27. The Morgan fingerprint density at radius 2 is 1.56 bits per heavy atom. The molecule has 4 nitrogen and oxygen atoms in total. The Kier molecular flexibility index (Phi) is 9.24. The second-order valence-corrected chi connectivity index (χ2v) is 4.27. The minimum absolute atomic E-state index is 0.0552. The Balaban J connectivity index is 3.48. The standard InChI is InChI=1S/C12H24O4/c1-2-3-4-5-7-10(13)11(14)8-6-9-12(15)16/h10-11,13-14H,2-9H2,1H3,(H,15,16). The first kappa shape index (κ1) is 15.4. The number of aliphatic hydroxyl groups is 2. The Hall–Kier alpha value is -0.610. The normalized spacial score (nSPS) is 14.7. The van der Waals surface area contributed by atoms with Gasteiger partial charge in [-0.3, -0.25) is 4.79 Å². The molecule has 16 heavy (non-hydrogen) atoms. The highest BCUT2D eigenvalue weighted by atomic mass is 16.4. The van der Waals surface area contributed by atoms with Crippen LogP contribution in [0.4, 0.5) is 0 Å². The van der Waals surface area contributed by atoms with Crippen LogP contribution in [0.3, 0.4) is 0 Å². The van der Waals surface area contributed by atoms with Crippen molar-refractivity contribution in [3.63, 3.8) is 0 Å². The third kappa shape index (κ3) is 8.68. The van der Waals surface area contributed by atoms with Gasteiger partial charge < -0.3 is 15.3 Å². The van der Waals surface area contributed by atoms with Gasteiger partial charge in [0, 0.05) is 6.42 Å². The van der Waals surface area contributed by atoms with Gasteiger partial charge in [-0.2, -0.15) is 0 Å². The highest BCUT2D eigenvalue weighted by molar-refractivity contribution is 5.66. The van der Waals surface area contributed by atoms with Crippen molar-refractivity contribution in [2.75, 3.05) is 0 Å². The van der Waals surface area contributed by atoms with Crippen LogP contribution in [0.2, 0.25) is 0 Å². The van der Waals surface area contributed by atoms with Crippen LogP contribution in [0.5, 0.6) is 0 Å². The molecule has 2 atom stereocenters. The van der Waals surface area contributed by atoms with Gasteiger partial charge in [0.2, 0.25) is 0 Å². The Morgan fingerprint density at radius 1 is 1.00 bits per heavy atom. The number of carboxylic acid groups (broad SMARTS) is 1. The maximum Gasteiger partial charge on any atom is 0.303 e. The van der Waals surface area contributed by atoms with E-state index >= 15 is 0 Å². The largest absolute Gasteiger partial charge is 0.481 e. The molecule has 0 saturated heterocycles. The number of hydrogen-bond acceptors (Lipinski definition) is 3. The molecule has 0 aromatic rings. The molecule has 0 aliphatic carbocycles. The third-order valence-corrected chi connectivity index (χ3v) is 2.69. The molecule has 0 spiro atoms. The van der Waals surface area contributed by atoms with E-state index in [0.29, 0.717) is 19.3 Å². The SMILES string of the molecule is CCCCCCC(O)C(O)CCCC(=O)O. The summed E-state index contributed by atoms with van der Waals surface area (Å²) in [7, 11) is 0. The Morgan fingerprint density at radius 3 is 2.06 bits per heavy atom. The third-order valence-electron chi connectivity index (χ3n) is 2.69. The summed E-state index contributed by atoms with van der Waals surface area (Å²) in [4.78, 5) is 10.3. The first-order chi connectivity index (χ1) is 7.57. The first-order valence-corrected chi connectivity index (χ1v) is 6.15. The maximum atomic E-state index is 10.3. The molecule has 0 aliphatic heterocycles. The van der Waals surface area contributed by atoms with Gasteiger partial charge in [-0.25, -0.2) is 0 Å². The monoisotopic (exact) mass is 232 g/mol. The molecule has 0 rings (SSSR count). The minimum atomic E-state index is -0.857. The summed E-state index contributed by atoms with van der Waals surface area (Å²) in [6, 6.07) is 0. The summed E-state index contributed by atoms with van der Waals surface area (Å²) < 4.78 is 0. The fourth-order valence-corrected chi connectivity index (χ4v) is 1.63. The zero-order chi connectivity index (χ0) is 12.4. The first-order valence-electron chi connectivity index (χ1n) is 6.15. The van der Waals surface area contributed by atoms with Gasteiger partial charge in [-0.05, 0) is 19.3 Å². The molecule has 0 amide bonds. The molecule has 0 bridgehead atoms. The number of hydrogen-bond donors (Lipinski definition) is 3. The van der Waals surface area contributed by atoms with E-state index in [0.717, 1.165) is 25.7 Å². The summed E-state index contributed by atoms with van der Waals surface area (Å²) >= 11 is 0. The van der Waals surface area contributed by atoms with Crippen LogP contribution in [0.1, 0.15) is 58.3 Å². The average molecular weight is 232 g/mol. The summed E-state index contributed by atoms with van der Waals surface area (Å²) in [5, 5.41) is 27.6. The number of rotatable bonds is 10. The van der Waals surface area contributed by atoms with Crippen molar-refractivity contribution in [3.05, 3.63) is 0 Å². The van der Waals surface area contributed by atoms with Crippen molar-refractivity contribution in [3.8, 4) is 0 Å². The quantitative estimate of drug-likeness (QED) is 0.503. The van der Waals surface area contributed by atoms with Gasteiger partial charge in [0.25, 0.3) is 0 Å². The molecule has 2 unspecified atom stereocenters. The lowest BCUT2D eigenvalue weighted by Gasteiger charge is -2.17. The highest BCUT2D eigenvalue weighted by Gasteiger charge is 2.15. The lowest BCUT2D eigenvalue weighted by atomic mass is 10.0. The summed E-state index contributed by atoms with van der Waals surface area (Å²) in [5.41, 5.74) is 0. The summed E-state index contributed by atoms with van der Waals surface area (Å²) in [5.74, 6) is -0.857. The fraction of sp³-hybridized carbons (Fsp3) is 0.917. The number of aliphatic carboxylic acids is 1. The molecule has 0 aliphatic rings. The maximum absolute atomic E-state index is 10.3. The highest BCUT2D eigenvalue weighted by Crippen LogP contribution is 2.12. The molecule has 0 aromatic heterocycles. The van der Waals surface area contributed by atoms with Crippen LogP contribution in [-0.2, 0) is 4.79 Å². The zero-order valence-corrected chi connectivity index (χ0v) is 10.1. The molecule has 96 valence electrons. The number of aliphatic hydroxyl groups excluding tert-OH is 2. The van der Waals surface area contributed by atoms with Crippen molar-refractivity contribution in [1.29, 1.82) is 0 Å². The van der Waals surface area contributed by atoms with Crippen molar-refractivity contribution >= 4 is 5.97 Å². The zero-order valence-electron chi connectivity index (χ0n) is 10.1. The van der Waals surface area contributed by atoms with Crippen molar-refractivity contribution in [1.82, 2.24) is 0 Å². The minimum Gasteiger partial charge on any atom is -0.481 e. The van der Waals surface area contributed by atoms with Gasteiger partial charge in [-0.1, -0.05) is 32.6 Å². The van der Waals surface area contributed by atoms with Crippen LogP contribution in [-0.4, -0.2) is 33.5 Å². The lowest BCUT2D eigenvalue weighted by Crippen LogP contribution is -2.25. The van der Waals surface area contributed by atoms with E-state index < -0.39 is 18.2 Å². The Bertz CT molecular complexity index is 182. The molecule has 0 radical (unpaired) electrons. The van der Waals surface area contributed by atoms with E-state index in [1.165, 1.54) is 0 Å². The number of carbonyl (C=O) groups is 1. The molecule has 3 N–H and O–H groups in total. The van der Waals surface area contributed by atoms with Crippen molar-refractivity contribution in [2.24, 2.45) is 0 Å². The number of carboxylic acids is 1. The smallest absolute Gasteiger partial charge is 0.303 e. The van der Waals surface area contributed by atoms with E-state index in [4.69, 9.17) is 5.11 Å². The van der Waals surface area contributed by atoms with Gasteiger partial charge in [-0.15, -0.1) is 0 Å². The van der Waals surface area contributed by atoms with Crippen molar-refractivity contribution < 1.29 is 20.1 Å². The van der Waals surface area contributed by atoms with Crippen LogP contribution in [0.25, 0.3) is 0 Å². The van der Waals surface area contributed by atoms with Gasteiger partial charge in [0.05, 0.1) is 12.2 Å². The van der Waals surface area contributed by atoms with Crippen molar-refractivity contribution in [2.45, 2.75) is 70.5 Å². The van der Waals surface area contributed by atoms with E-state index in [2.05, 4.69) is 6.92 Å². The van der Waals surface area contributed by atoms with Gasteiger partial charge >= 0.3 is 5.97 Å². The van der Waals surface area contributed by atoms with Gasteiger partial charge in [0.15, 0.2) is 0 Å². The lowest BCUT2D eigenvalue weighted by molar-refractivity contribution is -0.137. The molecule has 0 heterocycles. The van der Waals surface area contributed by atoms with Crippen LogP contribution in [0.15, 0.2) is 0 Å². The fourth-order valence-electron chi connectivity index (χ4n) is 1.63. The second kappa shape index (κ2) is 9.60. The molecule has 0 aromatic carbocycles. The van der Waals surface area contributed by atoms with Crippen LogP contribution >= 0.6 is 0 Å². The van der Waals surface area contributed by atoms with E-state index in [9.17, 15) is 15.0 Å². The van der Waals surface area contributed by atoms with E-state index in [-0.39, 0.29) is 6.42 Å². The predicted octanol–water partition coefficient (Wildman–Crippen LogP) is 1.93. The average Bonchev–Trinajstić information content (AvgIpc) is 2.23. The van der Waals surface area contributed by atoms with Crippen LogP contribution < -0.4 is 0 Å². The summed E-state index contributed by atoms with van der Waals surface area (Å²) in [6.07, 6.45) is 4.27. The summed E-state index contributed by atoms with van der Waals surface area (Å²) in [6.45, 7) is 2.12. The molecule has 4 heteroatoms. The predicted molar refractivity (Wildman–Crippen MR) is 62.3 cm³/mol. The van der Waals surface area contributed by atoms with Crippen LogP contribution in [0, 0.1) is 0 Å².